The first kappa shape index (κ1) is 23.9. The van der Waals surface area contributed by atoms with Gasteiger partial charge in [-0.25, -0.2) is 4.39 Å². The van der Waals surface area contributed by atoms with Crippen LogP contribution in [0.25, 0.3) is 11.1 Å². The van der Waals surface area contributed by atoms with E-state index in [0.717, 1.165) is 48.4 Å². The van der Waals surface area contributed by atoms with Crippen LogP contribution in [0, 0.1) is 11.7 Å². The number of benzene rings is 2. The fourth-order valence-corrected chi connectivity index (χ4v) is 6.06. The Kier molecular flexibility index (Phi) is 7.16. The molecule has 7 heteroatoms. The number of amides is 2. The fourth-order valence-electron chi connectivity index (χ4n) is 6.06. The van der Waals surface area contributed by atoms with Gasteiger partial charge in [-0.1, -0.05) is 30.7 Å². The van der Waals surface area contributed by atoms with Crippen molar-refractivity contribution in [3.05, 3.63) is 53.8 Å². The molecular formula is C28H35FN4O2. The molecule has 3 heterocycles. The third-order valence-corrected chi connectivity index (χ3v) is 7.76. The highest BCUT2D eigenvalue weighted by atomic mass is 19.1. The van der Waals surface area contributed by atoms with Crippen LogP contribution in [0.3, 0.4) is 0 Å². The van der Waals surface area contributed by atoms with Gasteiger partial charge in [-0.15, -0.1) is 0 Å². The number of rotatable bonds is 7. The molecule has 4 unspecified atom stereocenters. The number of carbonyl (C=O) groups excluding carboxylic acids is 2. The molecule has 0 bridgehead atoms. The molecular weight excluding hydrogens is 443 g/mol. The fraction of sp³-hybridized carbons (Fsp3) is 0.500. The van der Waals surface area contributed by atoms with Gasteiger partial charge in [0.05, 0.1) is 11.8 Å². The molecule has 0 radical (unpaired) electrons. The van der Waals surface area contributed by atoms with Gasteiger partial charge in [0, 0.05) is 30.9 Å². The molecule has 0 aromatic heterocycles. The van der Waals surface area contributed by atoms with Crippen LogP contribution in [0.15, 0.2) is 42.5 Å². The van der Waals surface area contributed by atoms with Crippen LogP contribution in [0.2, 0.25) is 0 Å². The number of halogens is 1. The number of likely N-dealkylation sites (tertiary alicyclic amines) is 1. The Morgan fingerprint density at radius 3 is 2.74 bits per heavy atom. The maximum atomic E-state index is 14.0. The molecule has 2 aromatic rings. The van der Waals surface area contributed by atoms with Gasteiger partial charge in [-0.2, -0.15) is 0 Å². The average molecular weight is 479 g/mol. The molecule has 0 aliphatic carbocycles. The van der Waals surface area contributed by atoms with Crippen molar-refractivity contribution in [3.63, 3.8) is 0 Å². The van der Waals surface area contributed by atoms with Crippen molar-refractivity contribution in [2.75, 3.05) is 31.5 Å². The summed E-state index contributed by atoms with van der Waals surface area (Å²) in [7, 11) is 0. The van der Waals surface area contributed by atoms with Crippen LogP contribution < -0.4 is 16.0 Å². The smallest absolute Gasteiger partial charge is 0.232 e. The molecule has 4 atom stereocenters. The van der Waals surface area contributed by atoms with Crippen LogP contribution >= 0.6 is 0 Å². The largest absolute Gasteiger partial charge is 0.355 e. The minimum atomic E-state index is -0.393. The number of nitrogens with zero attached hydrogens (tertiary/aromatic N) is 1. The van der Waals surface area contributed by atoms with E-state index < -0.39 is 5.92 Å². The number of hydrogen-bond donors (Lipinski definition) is 3. The van der Waals surface area contributed by atoms with Crippen molar-refractivity contribution >= 4 is 17.5 Å². The minimum Gasteiger partial charge on any atom is -0.355 e. The van der Waals surface area contributed by atoms with E-state index in [4.69, 9.17) is 0 Å². The van der Waals surface area contributed by atoms with Gasteiger partial charge in [0.1, 0.15) is 5.82 Å². The van der Waals surface area contributed by atoms with Gasteiger partial charge in [-0.05, 0) is 80.6 Å². The molecule has 35 heavy (non-hydrogen) atoms. The highest BCUT2D eigenvalue weighted by molar-refractivity contribution is 6.05. The molecule has 3 N–H and O–H groups in total. The highest BCUT2D eigenvalue weighted by Gasteiger charge is 2.42. The SMILES string of the molecule is CC1CC(C(=O)NCCN2CCCCC2)C(CC2C(=O)Nc3cccc(-c4cccc(F)c4)c32)N1. The summed E-state index contributed by atoms with van der Waals surface area (Å²) in [6, 6.07) is 12.3. The first-order valence-corrected chi connectivity index (χ1v) is 13.0. The molecule has 2 aromatic carbocycles. The molecule has 3 aliphatic rings. The Hall–Kier alpha value is -2.77. The van der Waals surface area contributed by atoms with E-state index in [1.165, 1.54) is 31.4 Å². The lowest BCUT2D eigenvalue weighted by atomic mass is 9.84. The Morgan fingerprint density at radius 2 is 1.94 bits per heavy atom. The second-order valence-corrected chi connectivity index (χ2v) is 10.3. The Balaban J connectivity index is 1.30. The molecule has 2 amide bonds. The minimum absolute atomic E-state index is 0.0607. The van der Waals surface area contributed by atoms with E-state index in [0.29, 0.717) is 13.0 Å². The summed E-state index contributed by atoms with van der Waals surface area (Å²) in [5, 5.41) is 9.72. The number of anilines is 1. The summed E-state index contributed by atoms with van der Waals surface area (Å²) in [6.45, 7) is 5.87. The van der Waals surface area contributed by atoms with Crippen molar-refractivity contribution in [1.29, 1.82) is 0 Å². The van der Waals surface area contributed by atoms with Crippen LogP contribution in [0.5, 0.6) is 0 Å². The zero-order valence-corrected chi connectivity index (χ0v) is 20.4. The summed E-state index contributed by atoms with van der Waals surface area (Å²) in [6.07, 6.45) is 5.06. The average Bonchev–Trinajstić information content (AvgIpc) is 3.38. The van der Waals surface area contributed by atoms with E-state index >= 15 is 0 Å². The summed E-state index contributed by atoms with van der Waals surface area (Å²) >= 11 is 0. The Labute approximate surface area is 206 Å². The van der Waals surface area contributed by atoms with Gasteiger partial charge in [0.2, 0.25) is 11.8 Å². The first-order chi connectivity index (χ1) is 17.0. The number of nitrogens with one attached hydrogen (secondary N) is 3. The molecule has 0 spiro atoms. The molecule has 6 nitrogen and oxygen atoms in total. The Morgan fingerprint density at radius 1 is 1.14 bits per heavy atom. The van der Waals surface area contributed by atoms with E-state index in [1.54, 1.807) is 6.07 Å². The van der Waals surface area contributed by atoms with E-state index in [2.05, 4.69) is 27.8 Å². The van der Waals surface area contributed by atoms with Crippen LogP contribution in [0.1, 0.15) is 50.5 Å². The van der Waals surface area contributed by atoms with Gasteiger partial charge in [0.25, 0.3) is 0 Å². The van der Waals surface area contributed by atoms with Gasteiger partial charge < -0.3 is 20.9 Å². The van der Waals surface area contributed by atoms with Crippen LogP contribution in [-0.2, 0) is 9.59 Å². The third kappa shape index (κ3) is 5.26. The standard InChI is InChI=1S/C28H35FN4O2/c1-18-15-22(27(34)30-11-14-33-12-3-2-4-13-33)25(31-18)17-23-26-21(19-7-5-8-20(29)16-19)9-6-10-24(26)32-28(23)35/h5-10,16,18,22-23,25,31H,2-4,11-15,17H2,1H3,(H,30,34)(H,32,35). The van der Waals surface area contributed by atoms with Crippen molar-refractivity contribution in [3.8, 4) is 11.1 Å². The van der Waals surface area contributed by atoms with Crippen molar-refractivity contribution < 1.29 is 14.0 Å². The van der Waals surface area contributed by atoms with Crippen molar-refractivity contribution in [2.45, 2.75) is 57.0 Å². The molecule has 5 rings (SSSR count). The Bertz CT molecular complexity index is 1080. The number of piperidine rings is 1. The molecule has 0 saturated carbocycles. The summed E-state index contributed by atoms with van der Waals surface area (Å²) < 4.78 is 14.0. The second-order valence-electron chi connectivity index (χ2n) is 10.3. The summed E-state index contributed by atoms with van der Waals surface area (Å²) in [5.41, 5.74) is 3.28. The topological polar surface area (TPSA) is 73.5 Å². The predicted octanol–water partition coefficient (Wildman–Crippen LogP) is 3.89. The summed E-state index contributed by atoms with van der Waals surface area (Å²) in [4.78, 5) is 28.6. The lowest BCUT2D eigenvalue weighted by molar-refractivity contribution is -0.126. The van der Waals surface area contributed by atoms with Crippen molar-refractivity contribution in [1.82, 2.24) is 15.5 Å². The molecule has 186 valence electrons. The maximum Gasteiger partial charge on any atom is 0.232 e. The zero-order chi connectivity index (χ0) is 24.4. The summed E-state index contributed by atoms with van der Waals surface area (Å²) in [5.74, 6) is -0.864. The quantitative estimate of drug-likeness (QED) is 0.565. The first-order valence-electron chi connectivity index (χ1n) is 13.0. The van der Waals surface area contributed by atoms with Crippen molar-refractivity contribution in [2.24, 2.45) is 5.92 Å². The normalized spacial score (nSPS) is 26.4. The lowest BCUT2D eigenvalue weighted by Gasteiger charge is -2.27. The van der Waals surface area contributed by atoms with E-state index in [-0.39, 0.29) is 35.6 Å². The van der Waals surface area contributed by atoms with Gasteiger partial charge >= 0.3 is 0 Å². The number of fused-ring (bicyclic) bond motifs is 1. The zero-order valence-electron chi connectivity index (χ0n) is 20.4. The van der Waals surface area contributed by atoms with Crippen LogP contribution in [0.4, 0.5) is 10.1 Å². The molecule has 2 fully saturated rings. The maximum absolute atomic E-state index is 14.0. The monoisotopic (exact) mass is 478 g/mol. The third-order valence-electron chi connectivity index (χ3n) is 7.76. The molecule has 2 saturated heterocycles. The van der Waals surface area contributed by atoms with Gasteiger partial charge in [0.15, 0.2) is 0 Å². The molecule has 3 aliphatic heterocycles. The van der Waals surface area contributed by atoms with Crippen LogP contribution in [-0.4, -0.2) is 55.0 Å². The number of carbonyl (C=O) groups is 2. The number of hydrogen-bond acceptors (Lipinski definition) is 4. The highest BCUT2D eigenvalue weighted by Crippen LogP contribution is 2.43. The van der Waals surface area contributed by atoms with Gasteiger partial charge in [-0.3, -0.25) is 9.59 Å². The van der Waals surface area contributed by atoms with E-state index in [1.807, 2.05) is 24.3 Å². The second kappa shape index (κ2) is 10.5. The van der Waals surface area contributed by atoms with E-state index in [9.17, 15) is 14.0 Å². The lowest BCUT2D eigenvalue weighted by Crippen LogP contribution is -2.43. The predicted molar refractivity (Wildman–Crippen MR) is 136 cm³/mol.